The molecular weight excluding hydrogens is 295 g/mol. The molecule has 3 nitrogen and oxygen atoms in total. The first-order valence-electron chi connectivity index (χ1n) is 6.14. The smallest absolute Gasteiger partial charge is 0.224 e. The molecule has 0 atom stereocenters. The Morgan fingerprint density at radius 3 is 2.65 bits per heavy atom. The number of aryl methyl sites for hydroxylation is 1. The highest BCUT2D eigenvalue weighted by atomic mass is 35.5. The standard InChI is InChI=1S/C15H14Cl2N2O/c16-12-5-2-6-13(15(12)17)19-14(20)8-7-10-3-1-4-11(18)9-10/h1-6,9H,7-8,18H2,(H,19,20). The topological polar surface area (TPSA) is 55.1 Å². The van der Waals surface area contributed by atoms with Crippen molar-refractivity contribution < 1.29 is 4.79 Å². The van der Waals surface area contributed by atoms with Gasteiger partial charge < -0.3 is 11.1 Å². The van der Waals surface area contributed by atoms with E-state index < -0.39 is 0 Å². The van der Waals surface area contributed by atoms with E-state index in [0.29, 0.717) is 34.3 Å². The SMILES string of the molecule is Nc1cccc(CCC(=O)Nc2cccc(Cl)c2Cl)c1. The minimum absolute atomic E-state index is 0.114. The summed E-state index contributed by atoms with van der Waals surface area (Å²) in [7, 11) is 0. The van der Waals surface area contributed by atoms with Gasteiger partial charge in [-0.3, -0.25) is 4.79 Å². The molecule has 0 heterocycles. The number of nitrogens with two attached hydrogens (primary N) is 1. The summed E-state index contributed by atoms with van der Waals surface area (Å²) in [6.07, 6.45) is 0.974. The minimum atomic E-state index is -0.114. The van der Waals surface area contributed by atoms with Gasteiger partial charge in [-0.2, -0.15) is 0 Å². The maximum absolute atomic E-state index is 11.9. The lowest BCUT2D eigenvalue weighted by atomic mass is 10.1. The molecule has 3 N–H and O–H groups in total. The number of hydrogen-bond acceptors (Lipinski definition) is 2. The summed E-state index contributed by atoms with van der Waals surface area (Å²) in [6, 6.07) is 12.6. The fraction of sp³-hybridized carbons (Fsp3) is 0.133. The number of carbonyl (C=O) groups excluding carboxylic acids is 1. The Kier molecular flexibility index (Phi) is 4.88. The molecule has 0 saturated heterocycles. The average Bonchev–Trinajstić information content (AvgIpc) is 2.42. The Morgan fingerprint density at radius 1 is 1.15 bits per heavy atom. The van der Waals surface area contributed by atoms with Crippen molar-refractivity contribution in [3.63, 3.8) is 0 Å². The Bertz CT molecular complexity index is 629. The van der Waals surface area contributed by atoms with Crippen LogP contribution in [0.15, 0.2) is 42.5 Å². The molecule has 0 aliphatic carbocycles. The van der Waals surface area contributed by atoms with Gasteiger partial charge in [-0.25, -0.2) is 0 Å². The van der Waals surface area contributed by atoms with E-state index in [2.05, 4.69) is 5.32 Å². The van der Waals surface area contributed by atoms with Gasteiger partial charge in [0, 0.05) is 12.1 Å². The van der Waals surface area contributed by atoms with Crippen LogP contribution >= 0.6 is 23.2 Å². The normalized spacial score (nSPS) is 10.3. The van der Waals surface area contributed by atoms with Gasteiger partial charge >= 0.3 is 0 Å². The number of anilines is 2. The summed E-state index contributed by atoms with van der Waals surface area (Å²) in [4.78, 5) is 11.9. The van der Waals surface area contributed by atoms with Gasteiger partial charge in [0.05, 0.1) is 15.7 Å². The van der Waals surface area contributed by atoms with E-state index in [1.54, 1.807) is 18.2 Å². The maximum Gasteiger partial charge on any atom is 0.224 e. The van der Waals surface area contributed by atoms with E-state index in [4.69, 9.17) is 28.9 Å². The van der Waals surface area contributed by atoms with Gasteiger partial charge in [0.2, 0.25) is 5.91 Å². The predicted molar refractivity (Wildman–Crippen MR) is 84.3 cm³/mol. The number of hydrogen-bond donors (Lipinski definition) is 2. The van der Waals surface area contributed by atoms with Crippen molar-refractivity contribution in [3.8, 4) is 0 Å². The second kappa shape index (κ2) is 6.64. The number of nitrogen functional groups attached to an aromatic ring is 1. The van der Waals surface area contributed by atoms with E-state index >= 15 is 0 Å². The lowest BCUT2D eigenvalue weighted by Crippen LogP contribution is -2.12. The Morgan fingerprint density at radius 2 is 1.90 bits per heavy atom. The van der Waals surface area contributed by atoms with Crippen LogP contribution in [0.3, 0.4) is 0 Å². The molecule has 1 amide bonds. The van der Waals surface area contributed by atoms with Crippen LogP contribution in [-0.4, -0.2) is 5.91 Å². The van der Waals surface area contributed by atoms with E-state index in [-0.39, 0.29) is 5.91 Å². The summed E-state index contributed by atoms with van der Waals surface area (Å²) in [6.45, 7) is 0. The van der Waals surface area contributed by atoms with Crippen LogP contribution in [0.5, 0.6) is 0 Å². The second-order valence-corrected chi connectivity index (χ2v) is 5.18. The first-order chi connectivity index (χ1) is 9.56. The van der Waals surface area contributed by atoms with Crippen LogP contribution in [0.4, 0.5) is 11.4 Å². The van der Waals surface area contributed by atoms with Crippen molar-refractivity contribution in [2.24, 2.45) is 0 Å². The zero-order valence-corrected chi connectivity index (χ0v) is 12.2. The van der Waals surface area contributed by atoms with Crippen molar-refractivity contribution in [1.82, 2.24) is 0 Å². The molecule has 0 radical (unpaired) electrons. The molecule has 20 heavy (non-hydrogen) atoms. The molecule has 0 bridgehead atoms. The third kappa shape index (κ3) is 3.89. The van der Waals surface area contributed by atoms with Crippen LogP contribution < -0.4 is 11.1 Å². The molecule has 5 heteroatoms. The quantitative estimate of drug-likeness (QED) is 0.834. The predicted octanol–water partition coefficient (Wildman–Crippen LogP) is 4.15. The molecule has 0 saturated carbocycles. The average molecular weight is 309 g/mol. The molecule has 0 aliphatic heterocycles. The molecule has 0 unspecified atom stereocenters. The van der Waals surface area contributed by atoms with E-state index in [1.807, 2.05) is 24.3 Å². The highest BCUT2D eigenvalue weighted by Gasteiger charge is 2.08. The fourth-order valence-corrected chi connectivity index (χ4v) is 2.17. The van der Waals surface area contributed by atoms with Crippen LogP contribution in [0, 0.1) is 0 Å². The number of benzene rings is 2. The van der Waals surface area contributed by atoms with Gasteiger partial charge in [-0.05, 0) is 36.2 Å². The van der Waals surface area contributed by atoms with E-state index in [0.717, 1.165) is 5.56 Å². The fourth-order valence-electron chi connectivity index (χ4n) is 1.82. The molecule has 2 aromatic carbocycles. The monoisotopic (exact) mass is 308 g/mol. The summed E-state index contributed by atoms with van der Waals surface area (Å²) >= 11 is 11.9. The van der Waals surface area contributed by atoms with Gasteiger partial charge in [0.25, 0.3) is 0 Å². The van der Waals surface area contributed by atoms with Crippen molar-refractivity contribution >= 4 is 40.5 Å². The minimum Gasteiger partial charge on any atom is -0.399 e. The number of halogens is 2. The van der Waals surface area contributed by atoms with Crippen molar-refractivity contribution in [1.29, 1.82) is 0 Å². The molecule has 0 aromatic heterocycles. The first-order valence-corrected chi connectivity index (χ1v) is 6.90. The molecule has 2 aromatic rings. The molecule has 0 fully saturated rings. The summed E-state index contributed by atoms with van der Waals surface area (Å²) in [5.74, 6) is -0.114. The van der Waals surface area contributed by atoms with Crippen molar-refractivity contribution in [2.45, 2.75) is 12.8 Å². The highest BCUT2D eigenvalue weighted by Crippen LogP contribution is 2.29. The molecule has 104 valence electrons. The highest BCUT2D eigenvalue weighted by molar-refractivity contribution is 6.43. The Balaban J connectivity index is 1.94. The van der Waals surface area contributed by atoms with E-state index in [9.17, 15) is 4.79 Å². The number of nitrogens with one attached hydrogen (secondary N) is 1. The number of amides is 1. The van der Waals surface area contributed by atoms with Crippen LogP contribution in [0.25, 0.3) is 0 Å². The summed E-state index contributed by atoms with van der Waals surface area (Å²) in [5.41, 5.74) is 7.94. The Labute approximate surface area is 127 Å². The molecule has 2 rings (SSSR count). The zero-order chi connectivity index (χ0) is 14.5. The lowest BCUT2D eigenvalue weighted by Gasteiger charge is -2.08. The van der Waals surface area contributed by atoms with Crippen LogP contribution in [0.1, 0.15) is 12.0 Å². The molecule has 0 aliphatic rings. The Hall–Kier alpha value is -1.71. The largest absolute Gasteiger partial charge is 0.399 e. The lowest BCUT2D eigenvalue weighted by molar-refractivity contribution is -0.116. The zero-order valence-electron chi connectivity index (χ0n) is 10.7. The maximum atomic E-state index is 11.9. The third-order valence-electron chi connectivity index (χ3n) is 2.82. The van der Waals surface area contributed by atoms with Crippen LogP contribution in [0.2, 0.25) is 10.0 Å². The third-order valence-corrected chi connectivity index (χ3v) is 3.64. The van der Waals surface area contributed by atoms with Crippen LogP contribution in [-0.2, 0) is 11.2 Å². The van der Waals surface area contributed by atoms with E-state index in [1.165, 1.54) is 0 Å². The second-order valence-electron chi connectivity index (χ2n) is 4.39. The molecule has 0 spiro atoms. The van der Waals surface area contributed by atoms with Gasteiger partial charge in [0.15, 0.2) is 0 Å². The van der Waals surface area contributed by atoms with Gasteiger partial charge in [0.1, 0.15) is 0 Å². The first kappa shape index (κ1) is 14.7. The molecular formula is C15H14Cl2N2O. The van der Waals surface area contributed by atoms with Gasteiger partial charge in [-0.1, -0.05) is 41.4 Å². The van der Waals surface area contributed by atoms with Crippen molar-refractivity contribution in [3.05, 3.63) is 58.1 Å². The summed E-state index contributed by atoms with van der Waals surface area (Å²) in [5, 5.41) is 3.52. The van der Waals surface area contributed by atoms with Gasteiger partial charge in [-0.15, -0.1) is 0 Å². The number of carbonyl (C=O) groups is 1. The summed E-state index contributed by atoms with van der Waals surface area (Å²) < 4.78 is 0. The number of rotatable bonds is 4. The van der Waals surface area contributed by atoms with Crippen molar-refractivity contribution in [2.75, 3.05) is 11.1 Å².